The minimum Gasteiger partial charge on any atom is -0.275 e. The molecule has 0 saturated heterocycles. The third kappa shape index (κ3) is 1.20. The normalized spacial score (nSPS) is 8.56. The second-order valence-electron chi connectivity index (χ2n) is 1.54. The molecule has 0 amide bonds. The van der Waals surface area contributed by atoms with Gasteiger partial charge in [0, 0.05) is 18.2 Å². The van der Waals surface area contributed by atoms with Gasteiger partial charge in [-0.3, -0.25) is 4.68 Å². The van der Waals surface area contributed by atoms with Crippen LogP contribution in [-0.2, 0) is 7.05 Å². The lowest BCUT2D eigenvalue weighted by molar-refractivity contribution is 0.768. The Morgan fingerprint density at radius 3 is 3.11 bits per heavy atom. The summed E-state index contributed by atoms with van der Waals surface area (Å²) in [6.45, 7) is 0. The van der Waals surface area contributed by atoms with Crippen LogP contribution >= 0.6 is 0 Å². The van der Waals surface area contributed by atoms with Gasteiger partial charge in [0.2, 0.25) is 0 Å². The molecule has 1 aromatic heterocycles. The maximum Gasteiger partial charge on any atom is 0.148 e. The Morgan fingerprint density at radius 2 is 2.67 bits per heavy atom. The Morgan fingerprint density at radius 1 is 1.89 bits per heavy atom. The molecule has 0 saturated carbocycles. The van der Waals surface area contributed by atoms with Crippen LogP contribution in [-0.4, -0.2) is 9.78 Å². The summed E-state index contributed by atoms with van der Waals surface area (Å²) in [7, 11) is 1.76. The van der Waals surface area contributed by atoms with Crippen LogP contribution in [0.1, 0.15) is 0 Å². The standard InChI is InChI=1S/C4H5N5/c1-9-3-2-4(7-9)6-8-5/h2-3H,1H3. The molecular formula is C4H5N5. The molecule has 0 aliphatic carbocycles. The molecule has 0 spiro atoms. The van der Waals surface area contributed by atoms with Crippen LogP contribution in [0.15, 0.2) is 17.4 Å². The van der Waals surface area contributed by atoms with Crippen molar-refractivity contribution in [2.24, 2.45) is 12.2 Å². The van der Waals surface area contributed by atoms with Gasteiger partial charge in [0.05, 0.1) is 0 Å². The van der Waals surface area contributed by atoms with E-state index in [2.05, 4.69) is 15.1 Å². The topological polar surface area (TPSA) is 66.6 Å². The van der Waals surface area contributed by atoms with E-state index in [4.69, 9.17) is 5.53 Å². The maximum atomic E-state index is 7.94. The smallest absolute Gasteiger partial charge is 0.148 e. The Hall–Kier alpha value is -1.48. The summed E-state index contributed by atoms with van der Waals surface area (Å²) >= 11 is 0. The fourth-order valence-electron chi connectivity index (χ4n) is 0.502. The number of nitrogens with zero attached hydrogens (tertiary/aromatic N) is 5. The highest BCUT2D eigenvalue weighted by Gasteiger charge is 1.87. The second kappa shape index (κ2) is 2.19. The van der Waals surface area contributed by atoms with Crippen molar-refractivity contribution in [3.05, 3.63) is 22.7 Å². The Labute approximate surface area is 51.5 Å². The fourth-order valence-corrected chi connectivity index (χ4v) is 0.502. The van der Waals surface area contributed by atoms with Crippen molar-refractivity contribution in [3.8, 4) is 0 Å². The van der Waals surface area contributed by atoms with Crippen molar-refractivity contribution in [3.63, 3.8) is 0 Å². The molecule has 46 valence electrons. The summed E-state index contributed by atoms with van der Waals surface area (Å²) in [6.07, 6.45) is 1.71. The highest BCUT2D eigenvalue weighted by molar-refractivity contribution is 5.22. The number of rotatable bonds is 1. The number of aromatic nitrogens is 2. The highest BCUT2D eigenvalue weighted by atomic mass is 15.3. The summed E-state index contributed by atoms with van der Waals surface area (Å²) in [4.78, 5) is 2.57. The predicted molar refractivity (Wildman–Crippen MR) is 32.0 cm³/mol. The largest absolute Gasteiger partial charge is 0.275 e. The van der Waals surface area contributed by atoms with Crippen molar-refractivity contribution in [2.75, 3.05) is 0 Å². The summed E-state index contributed by atoms with van der Waals surface area (Å²) in [5.41, 5.74) is 7.94. The van der Waals surface area contributed by atoms with E-state index in [1.54, 1.807) is 24.0 Å². The summed E-state index contributed by atoms with van der Waals surface area (Å²) < 4.78 is 1.57. The third-order valence-corrected chi connectivity index (χ3v) is 0.847. The minimum absolute atomic E-state index is 0.403. The maximum absolute atomic E-state index is 7.94. The van der Waals surface area contributed by atoms with Gasteiger partial charge in [-0.1, -0.05) is 0 Å². The van der Waals surface area contributed by atoms with Crippen molar-refractivity contribution >= 4 is 5.82 Å². The van der Waals surface area contributed by atoms with E-state index in [0.29, 0.717) is 5.82 Å². The second-order valence-corrected chi connectivity index (χ2v) is 1.54. The van der Waals surface area contributed by atoms with Gasteiger partial charge in [0.1, 0.15) is 5.82 Å². The summed E-state index contributed by atoms with van der Waals surface area (Å²) in [6, 6.07) is 1.64. The number of aryl methyl sites for hydroxylation is 1. The first-order valence-electron chi connectivity index (χ1n) is 2.37. The minimum atomic E-state index is 0.403. The summed E-state index contributed by atoms with van der Waals surface area (Å²) in [5.74, 6) is 0.403. The van der Waals surface area contributed by atoms with Gasteiger partial charge in [-0.2, -0.15) is 5.10 Å². The van der Waals surface area contributed by atoms with E-state index < -0.39 is 0 Å². The van der Waals surface area contributed by atoms with Crippen LogP contribution in [0.4, 0.5) is 5.82 Å². The Balaban J connectivity index is 2.97. The summed E-state index contributed by atoms with van der Waals surface area (Å²) in [5, 5.41) is 7.07. The number of hydrogen-bond donors (Lipinski definition) is 0. The van der Waals surface area contributed by atoms with Gasteiger partial charge in [0.25, 0.3) is 0 Å². The molecule has 0 fully saturated rings. The third-order valence-electron chi connectivity index (χ3n) is 0.847. The van der Waals surface area contributed by atoms with E-state index in [-0.39, 0.29) is 0 Å². The van der Waals surface area contributed by atoms with Crippen molar-refractivity contribution in [2.45, 2.75) is 0 Å². The van der Waals surface area contributed by atoms with Gasteiger partial charge in [-0.15, -0.1) is 0 Å². The fraction of sp³-hybridized carbons (Fsp3) is 0.250. The lowest BCUT2D eigenvalue weighted by Crippen LogP contribution is -1.84. The first-order valence-corrected chi connectivity index (χ1v) is 2.37. The Kier molecular flexibility index (Phi) is 1.38. The zero-order chi connectivity index (χ0) is 6.69. The van der Waals surface area contributed by atoms with Crippen LogP contribution in [0.5, 0.6) is 0 Å². The lowest BCUT2D eigenvalue weighted by atomic mass is 10.7. The molecule has 5 heteroatoms. The van der Waals surface area contributed by atoms with Gasteiger partial charge < -0.3 is 0 Å². The van der Waals surface area contributed by atoms with Crippen LogP contribution < -0.4 is 0 Å². The van der Waals surface area contributed by atoms with Gasteiger partial charge in [0.15, 0.2) is 0 Å². The van der Waals surface area contributed by atoms with E-state index in [1.165, 1.54) is 0 Å². The first-order chi connectivity index (χ1) is 4.33. The van der Waals surface area contributed by atoms with Crippen LogP contribution in [0.25, 0.3) is 10.4 Å². The molecule has 5 nitrogen and oxygen atoms in total. The highest BCUT2D eigenvalue weighted by Crippen LogP contribution is 2.04. The average molecular weight is 123 g/mol. The van der Waals surface area contributed by atoms with Gasteiger partial charge >= 0.3 is 0 Å². The molecule has 1 rings (SSSR count). The van der Waals surface area contributed by atoms with Gasteiger partial charge in [-0.25, -0.2) is 0 Å². The van der Waals surface area contributed by atoms with E-state index in [1.807, 2.05) is 0 Å². The van der Waals surface area contributed by atoms with Crippen LogP contribution in [0.3, 0.4) is 0 Å². The van der Waals surface area contributed by atoms with E-state index in [9.17, 15) is 0 Å². The van der Waals surface area contributed by atoms with Crippen LogP contribution in [0.2, 0.25) is 0 Å². The molecule has 1 aromatic rings. The molecule has 0 atom stereocenters. The van der Waals surface area contributed by atoms with Crippen molar-refractivity contribution < 1.29 is 0 Å². The molecular weight excluding hydrogens is 118 g/mol. The molecule has 1 heterocycles. The van der Waals surface area contributed by atoms with E-state index in [0.717, 1.165) is 0 Å². The monoisotopic (exact) mass is 123 g/mol. The lowest BCUT2D eigenvalue weighted by Gasteiger charge is -1.80. The predicted octanol–water partition coefficient (Wildman–Crippen LogP) is 1.36. The SMILES string of the molecule is Cn1ccc(N=[N+]=[N-])n1. The van der Waals surface area contributed by atoms with E-state index >= 15 is 0 Å². The van der Waals surface area contributed by atoms with Crippen molar-refractivity contribution in [1.29, 1.82) is 0 Å². The molecule has 0 radical (unpaired) electrons. The average Bonchev–Trinajstić information content (AvgIpc) is 2.17. The molecule has 0 bridgehead atoms. The molecule has 0 aliphatic heterocycles. The number of hydrogen-bond acceptors (Lipinski definition) is 2. The van der Waals surface area contributed by atoms with Crippen LogP contribution in [0, 0.1) is 0 Å². The molecule has 0 unspecified atom stereocenters. The van der Waals surface area contributed by atoms with Gasteiger partial charge in [-0.05, 0) is 16.7 Å². The molecule has 9 heavy (non-hydrogen) atoms. The first kappa shape index (κ1) is 5.65. The zero-order valence-corrected chi connectivity index (χ0v) is 4.89. The molecule has 0 aliphatic rings. The molecule has 0 aromatic carbocycles. The van der Waals surface area contributed by atoms with Crippen molar-refractivity contribution in [1.82, 2.24) is 9.78 Å². The molecule has 0 N–H and O–H groups in total. The number of azide groups is 1. The quantitative estimate of drug-likeness (QED) is 0.316. The Bertz CT molecular complexity index is 243. The zero-order valence-electron chi connectivity index (χ0n) is 4.89.